The second-order valence-electron chi connectivity index (χ2n) is 6.76. The van der Waals surface area contributed by atoms with Crippen molar-refractivity contribution < 1.29 is 4.79 Å². The average molecular weight is 318 g/mol. The molecular formula is C17H26N4O2. The summed E-state index contributed by atoms with van der Waals surface area (Å²) < 4.78 is 0. The lowest BCUT2D eigenvalue weighted by atomic mass is 9.91. The van der Waals surface area contributed by atoms with Gasteiger partial charge >= 0.3 is 0 Å². The number of fused-ring (bicyclic) bond motifs is 1. The summed E-state index contributed by atoms with van der Waals surface area (Å²) in [5.74, 6) is -0.00188. The van der Waals surface area contributed by atoms with Gasteiger partial charge < -0.3 is 10.2 Å². The largest absolute Gasteiger partial charge is 0.356 e. The fourth-order valence-electron chi connectivity index (χ4n) is 3.81. The molecule has 0 aromatic carbocycles. The second-order valence-corrected chi connectivity index (χ2v) is 6.76. The van der Waals surface area contributed by atoms with Gasteiger partial charge in [0.05, 0.1) is 12.1 Å². The van der Waals surface area contributed by atoms with E-state index in [1.54, 1.807) is 0 Å². The molecule has 1 atom stereocenters. The number of hydrogen-bond donors (Lipinski definition) is 2. The first-order valence-corrected chi connectivity index (χ1v) is 8.71. The summed E-state index contributed by atoms with van der Waals surface area (Å²) in [6.45, 7) is 1.87. The summed E-state index contributed by atoms with van der Waals surface area (Å²) >= 11 is 0. The van der Waals surface area contributed by atoms with Gasteiger partial charge in [-0.25, -0.2) is 5.10 Å². The van der Waals surface area contributed by atoms with Crippen molar-refractivity contribution in [2.75, 3.05) is 20.1 Å². The van der Waals surface area contributed by atoms with Gasteiger partial charge in [0.1, 0.15) is 0 Å². The van der Waals surface area contributed by atoms with Crippen LogP contribution < -0.4 is 10.9 Å². The Labute approximate surface area is 136 Å². The van der Waals surface area contributed by atoms with Gasteiger partial charge in [-0.2, -0.15) is 5.10 Å². The Hall–Kier alpha value is -1.69. The number of hydrogen-bond acceptors (Lipinski definition) is 4. The third-order valence-corrected chi connectivity index (χ3v) is 5.18. The molecule has 126 valence electrons. The molecule has 2 heterocycles. The molecule has 6 nitrogen and oxygen atoms in total. The molecular weight excluding hydrogens is 292 g/mol. The van der Waals surface area contributed by atoms with E-state index in [-0.39, 0.29) is 17.9 Å². The lowest BCUT2D eigenvalue weighted by Crippen LogP contribution is -2.33. The molecule has 1 amide bonds. The highest BCUT2D eigenvalue weighted by atomic mass is 16.1. The van der Waals surface area contributed by atoms with E-state index in [9.17, 15) is 9.59 Å². The van der Waals surface area contributed by atoms with Gasteiger partial charge in [-0.05, 0) is 64.1 Å². The number of likely N-dealkylation sites (tertiary alicyclic amines) is 1. The molecule has 1 fully saturated rings. The topological polar surface area (TPSA) is 78.1 Å². The minimum absolute atomic E-state index is 0.00188. The molecule has 6 heteroatoms. The van der Waals surface area contributed by atoms with Crippen LogP contribution in [-0.4, -0.2) is 47.2 Å². The van der Waals surface area contributed by atoms with Crippen molar-refractivity contribution in [3.05, 3.63) is 27.2 Å². The van der Waals surface area contributed by atoms with Gasteiger partial charge in [0, 0.05) is 18.2 Å². The standard InChI is InChI=1S/C17H26N4O2/c1-21-10-4-5-12(21)8-9-18-16(22)11-15-13-6-2-3-7-14(13)17(23)20-19-15/h12H,2-11H2,1H3,(H,18,22)(H,20,23). The van der Waals surface area contributed by atoms with Crippen LogP contribution in [0.3, 0.4) is 0 Å². The van der Waals surface area contributed by atoms with Crippen molar-refractivity contribution in [3.63, 3.8) is 0 Å². The summed E-state index contributed by atoms with van der Waals surface area (Å²) in [5, 5.41) is 9.67. The molecule has 23 heavy (non-hydrogen) atoms. The quantitative estimate of drug-likeness (QED) is 0.841. The Bertz CT molecular complexity index is 626. The van der Waals surface area contributed by atoms with E-state index in [4.69, 9.17) is 0 Å². The van der Waals surface area contributed by atoms with Gasteiger partial charge in [0.15, 0.2) is 0 Å². The normalized spacial score (nSPS) is 21.2. The average Bonchev–Trinajstić information content (AvgIpc) is 2.96. The maximum atomic E-state index is 12.2. The number of carbonyl (C=O) groups is 1. The first kappa shape index (κ1) is 16.2. The molecule has 3 rings (SSSR count). The fraction of sp³-hybridized carbons (Fsp3) is 0.706. The lowest BCUT2D eigenvalue weighted by Gasteiger charge is -2.19. The Balaban J connectivity index is 1.55. The number of aromatic amines is 1. The molecule has 1 aliphatic carbocycles. The van der Waals surface area contributed by atoms with Gasteiger partial charge in [-0.1, -0.05) is 0 Å². The molecule has 1 aliphatic heterocycles. The predicted molar refractivity (Wildman–Crippen MR) is 88.5 cm³/mol. The molecule has 2 N–H and O–H groups in total. The van der Waals surface area contributed by atoms with Crippen LogP contribution >= 0.6 is 0 Å². The maximum absolute atomic E-state index is 12.2. The van der Waals surface area contributed by atoms with Crippen molar-refractivity contribution in [1.82, 2.24) is 20.4 Å². The zero-order chi connectivity index (χ0) is 16.2. The number of nitrogens with one attached hydrogen (secondary N) is 2. The van der Waals surface area contributed by atoms with Crippen LogP contribution in [-0.2, 0) is 24.1 Å². The van der Waals surface area contributed by atoms with Crippen LogP contribution in [0.1, 0.15) is 48.9 Å². The Morgan fingerprint density at radius 1 is 1.30 bits per heavy atom. The number of carbonyl (C=O) groups excluding carboxylic acids is 1. The summed E-state index contributed by atoms with van der Waals surface area (Å²) in [4.78, 5) is 26.4. The molecule has 0 spiro atoms. The Morgan fingerprint density at radius 2 is 2.09 bits per heavy atom. The van der Waals surface area contributed by atoms with E-state index in [0.29, 0.717) is 12.6 Å². The van der Waals surface area contributed by atoms with E-state index in [1.807, 2.05) is 0 Å². The Kier molecular flexibility index (Phi) is 5.10. The van der Waals surface area contributed by atoms with Gasteiger partial charge in [0.25, 0.3) is 5.56 Å². The van der Waals surface area contributed by atoms with Crippen molar-refractivity contribution in [2.24, 2.45) is 0 Å². The van der Waals surface area contributed by atoms with Crippen molar-refractivity contribution in [3.8, 4) is 0 Å². The van der Waals surface area contributed by atoms with Crippen LogP contribution in [0, 0.1) is 0 Å². The molecule has 0 saturated carbocycles. The smallest absolute Gasteiger partial charge is 0.267 e. The zero-order valence-electron chi connectivity index (χ0n) is 13.9. The highest BCUT2D eigenvalue weighted by Gasteiger charge is 2.21. The van der Waals surface area contributed by atoms with Gasteiger partial charge in [0.2, 0.25) is 5.91 Å². The second kappa shape index (κ2) is 7.25. The third kappa shape index (κ3) is 3.80. The number of amides is 1. The van der Waals surface area contributed by atoms with E-state index in [0.717, 1.165) is 55.5 Å². The van der Waals surface area contributed by atoms with Crippen LogP contribution in [0.4, 0.5) is 0 Å². The van der Waals surface area contributed by atoms with Crippen molar-refractivity contribution in [1.29, 1.82) is 0 Å². The fourth-order valence-corrected chi connectivity index (χ4v) is 3.81. The van der Waals surface area contributed by atoms with E-state index in [2.05, 4.69) is 27.5 Å². The van der Waals surface area contributed by atoms with Crippen LogP contribution in [0.5, 0.6) is 0 Å². The Morgan fingerprint density at radius 3 is 2.83 bits per heavy atom. The summed E-state index contributed by atoms with van der Waals surface area (Å²) in [6, 6.07) is 0.592. The van der Waals surface area contributed by atoms with Crippen molar-refractivity contribution >= 4 is 5.91 Å². The number of rotatable bonds is 5. The molecule has 1 saturated heterocycles. The van der Waals surface area contributed by atoms with Crippen LogP contribution in [0.25, 0.3) is 0 Å². The monoisotopic (exact) mass is 318 g/mol. The van der Waals surface area contributed by atoms with Crippen molar-refractivity contribution in [2.45, 2.75) is 57.4 Å². The molecule has 2 aliphatic rings. The van der Waals surface area contributed by atoms with E-state index in [1.165, 1.54) is 12.8 Å². The summed E-state index contributed by atoms with van der Waals surface area (Å²) in [7, 11) is 2.15. The first-order chi connectivity index (χ1) is 11.1. The molecule has 1 unspecified atom stereocenters. The zero-order valence-corrected chi connectivity index (χ0v) is 13.9. The lowest BCUT2D eigenvalue weighted by molar-refractivity contribution is -0.120. The van der Waals surface area contributed by atoms with Crippen LogP contribution in [0.15, 0.2) is 4.79 Å². The molecule has 1 aromatic rings. The SMILES string of the molecule is CN1CCCC1CCNC(=O)Cc1n[nH]c(=O)c2c1CCCC2. The molecule has 1 aromatic heterocycles. The maximum Gasteiger partial charge on any atom is 0.267 e. The minimum Gasteiger partial charge on any atom is -0.356 e. The van der Waals surface area contributed by atoms with Crippen LogP contribution in [0.2, 0.25) is 0 Å². The summed E-state index contributed by atoms with van der Waals surface area (Å²) in [5.41, 5.74) is 2.50. The minimum atomic E-state index is -0.0897. The predicted octanol–water partition coefficient (Wildman–Crippen LogP) is 0.792. The van der Waals surface area contributed by atoms with Gasteiger partial charge in [-0.15, -0.1) is 0 Å². The first-order valence-electron chi connectivity index (χ1n) is 8.71. The molecule has 0 bridgehead atoms. The number of H-pyrrole nitrogens is 1. The van der Waals surface area contributed by atoms with E-state index < -0.39 is 0 Å². The molecule has 0 radical (unpaired) electrons. The van der Waals surface area contributed by atoms with E-state index >= 15 is 0 Å². The number of nitrogens with zero attached hydrogens (tertiary/aromatic N) is 2. The highest BCUT2D eigenvalue weighted by molar-refractivity contribution is 5.78. The van der Waals surface area contributed by atoms with Gasteiger partial charge in [-0.3, -0.25) is 9.59 Å². The number of aromatic nitrogens is 2. The highest BCUT2D eigenvalue weighted by Crippen LogP contribution is 2.20. The third-order valence-electron chi connectivity index (χ3n) is 5.18. The summed E-state index contributed by atoms with van der Waals surface area (Å²) in [6.07, 6.45) is 7.52.